The fraction of sp³-hybridized carbons (Fsp3) is 0.0833. The van der Waals surface area contributed by atoms with Gasteiger partial charge in [0, 0.05) is 12.1 Å². The second-order valence-corrected chi connectivity index (χ2v) is 3.70. The Morgan fingerprint density at radius 3 is 2.75 bits per heavy atom. The first-order valence-corrected chi connectivity index (χ1v) is 5.54. The van der Waals surface area contributed by atoms with E-state index >= 15 is 0 Å². The second kappa shape index (κ2) is 5.74. The molecule has 0 aliphatic heterocycles. The summed E-state index contributed by atoms with van der Waals surface area (Å²) in [6.07, 6.45) is 1.42. The highest BCUT2D eigenvalue weighted by molar-refractivity contribution is 6.00. The predicted octanol–water partition coefficient (Wildman–Crippen LogP) is 2.84. The molecule has 2 amide bonds. The molecule has 0 spiro atoms. The Kier molecular flexibility index (Phi) is 3.85. The minimum Gasteiger partial charge on any atom is -0.494 e. The molecule has 8 heteroatoms. The van der Waals surface area contributed by atoms with E-state index in [0.29, 0.717) is 5.69 Å². The number of urea groups is 1. The van der Waals surface area contributed by atoms with Gasteiger partial charge in [0.2, 0.25) is 5.88 Å². The first kappa shape index (κ1) is 13.4. The molecule has 0 atom stereocenters. The molecule has 2 aromatic rings. The third-order valence-corrected chi connectivity index (χ3v) is 2.40. The molecule has 8 nitrogen and oxygen atoms in total. The van der Waals surface area contributed by atoms with Crippen LogP contribution in [0.4, 0.5) is 22.1 Å². The van der Waals surface area contributed by atoms with Crippen molar-refractivity contribution in [3.8, 4) is 5.75 Å². The molecule has 2 rings (SSSR count). The summed E-state index contributed by atoms with van der Waals surface area (Å²) in [4.78, 5) is 21.8. The highest BCUT2D eigenvalue weighted by atomic mass is 16.6. The molecule has 0 fully saturated rings. The first-order valence-electron chi connectivity index (χ1n) is 5.54. The van der Waals surface area contributed by atoms with Crippen LogP contribution in [0, 0.1) is 10.1 Å². The van der Waals surface area contributed by atoms with Crippen molar-refractivity contribution in [2.24, 2.45) is 0 Å². The van der Waals surface area contributed by atoms with E-state index in [1.165, 1.54) is 31.6 Å². The Morgan fingerprint density at radius 2 is 2.15 bits per heavy atom. The Morgan fingerprint density at radius 1 is 1.35 bits per heavy atom. The lowest BCUT2D eigenvalue weighted by Crippen LogP contribution is -2.19. The van der Waals surface area contributed by atoms with Crippen molar-refractivity contribution in [2.75, 3.05) is 17.7 Å². The number of ether oxygens (including phenoxy) is 1. The van der Waals surface area contributed by atoms with Crippen molar-refractivity contribution >= 4 is 23.3 Å². The lowest BCUT2D eigenvalue weighted by atomic mass is 10.2. The lowest BCUT2D eigenvalue weighted by molar-refractivity contribution is -0.384. The van der Waals surface area contributed by atoms with Crippen molar-refractivity contribution in [1.82, 2.24) is 0 Å². The number of hydrogen-bond acceptors (Lipinski definition) is 5. The number of carbonyl (C=O) groups excluding carboxylic acids is 1. The fourth-order valence-electron chi connectivity index (χ4n) is 1.51. The normalized spacial score (nSPS) is 9.85. The van der Waals surface area contributed by atoms with Crippen LogP contribution in [0.2, 0.25) is 0 Å². The number of nitrogens with one attached hydrogen (secondary N) is 2. The minimum absolute atomic E-state index is 0.126. The highest BCUT2D eigenvalue weighted by Gasteiger charge is 2.13. The zero-order valence-corrected chi connectivity index (χ0v) is 10.5. The molecule has 0 aliphatic rings. The van der Waals surface area contributed by atoms with Crippen molar-refractivity contribution in [3.63, 3.8) is 0 Å². The van der Waals surface area contributed by atoms with Gasteiger partial charge in [0.05, 0.1) is 30.1 Å². The van der Waals surface area contributed by atoms with E-state index in [0.717, 1.165) is 0 Å². The molecule has 0 radical (unpaired) electrons. The lowest BCUT2D eigenvalue weighted by Gasteiger charge is -2.09. The molecule has 2 N–H and O–H groups in total. The zero-order valence-electron chi connectivity index (χ0n) is 10.5. The van der Waals surface area contributed by atoms with Crippen LogP contribution >= 0.6 is 0 Å². The molecule has 1 aromatic heterocycles. The van der Waals surface area contributed by atoms with E-state index in [1.807, 2.05) is 0 Å². The maximum atomic E-state index is 11.7. The third kappa shape index (κ3) is 3.05. The summed E-state index contributed by atoms with van der Waals surface area (Å²) in [5, 5.41) is 15.6. The van der Waals surface area contributed by atoms with Gasteiger partial charge in [-0.3, -0.25) is 15.4 Å². The maximum absolute atomic E-state index is 11.7. The molecule has 0 aliphatic carbocycles. The van der Waals surface area contributed by atoms with Crippen molar-refractivity contribution in [2.45, 2.75) is 0 Å². The average molecular weight is 277 g/mol. The minimum atomic E-state index is -0.549. The van der Waals surface area contributed by atoms with Crippen molar-refractivity contribution in [3.05, 3.63) is 46.7 Å². The summed E-state index contributed by atoms with van der Waals surface area (Å²) in [5.41, 5.74) is 0.181. The quantitative estimate of drug-likeness (QED) is 0.660. The molecule has 0 saturated carbocycles. The maximum Gasteiger partial charge on any atom is 0.326 e. The highest BCUT2D eigenvalue weighted by Crippen LogP contribution is 2.29. The Bertz CT molecular complexity index is 624. The Hall–Kier alpha value is -3.03. The topological polar surface area (TPSA) is 107 Å². The molecule has 1 aromatic carbocycles. The number of rotatable bonds is 4. The summed E-state index contributed by atoms with van der Waals surface area (Å²) in [6.45, 7) is 0. The first-order chi connectivity index (χ1) is 9.60. The monoisotopic (exact) mass is 277 g/mol. The number of hydrogen-bond donors (Lipinski definition) is 2. The van der Waals surface area contributed by atoms with Crippen molar-refractivity contribution < 1.29 is 18.9 Å². The van der Waals surface area contributed by atoms with Crippen LogP contribution in [0.1, 0.15) is 0 Å². The Labute approximate surface area is 113 Å². The molecule has 104 valence electrons. The van der Waals surface area contributed by atoms with Crippen LogP contribution in [-0.2, 0) is 0 Å². The van der Waals surface area contributed by atoms with Gasteiger partial charge >= 0.3 is 6.03 Å². The number of nitro groups is 1. The number of furan rings is 1. The van der Waals surface area contributed by atoms with Gasteiger partial charge in [-0.05, 0) is 12.1 Å². The van der Waals surface area contributed by atoms with E-state index in [1.54, 1.807) is 12.1 Å². The number of nitrogens with zero attached hydrogens (tertiary/aromatic N) is 1. The molecule has 1 heterocycles. The van der Waals surface area contributed by atoms with Gasteiger partial charge in [-0.25, -0.2) is 4.79 Å². The third-order valence-electron chi connectivity index (χ3n) is 2.40. The Balaban J connectivity index is 2.12. The molecular weight excluding hydrogens is 266 g/mol. The molecule has 20 heavy (non-hydrogen) atoms. The number of carbonyl (C=O) groups is 1. The van der Waals surface area contributed by atoms with Crippen LogP contribution in [0.3, 0.4) is 0 Å². The van der Waals surface area contributed by atoms with E-state index in [9.17, 15) is 14.9 Å². The number of anilines is 2. The number of non-ortho nitro benzene ring substituents is 1. The molecule has 0 bridgehead atoms. The summed E-state index contributed by atoms with van der Waals surface area (Å²) < 4.78 is 9.96. The van der Waals surface area contributed by atoms with Gasteiger partial charge in [0.25, 0.3) is 5.69 Å². The SMILES string of the molecule is COc1cc([N+](=O)[O-])ccc1NC(=O)Nc1ccco1. The van der Waals surface area contributed by atoms with Gasteiger partial charge in [0.15, 0.2) is 0 Å². The van der Waals surface area contributed by atoms with Crippen LogP contribution < -0.4 is 15.4 Å². The number of nitro benzene ring substituents is 1. The largest absolute Gasteiger partial charge is 0.494 e. The van der Waals surface area contributed by atoms with E-state index < -0.39 is 11.0 Å². The summed E-state index contributed by atoms with van der Waals surface area (Å²) in [7, 11) is 1.36. The summed E-state index contributed by atoms with van der Waals surface area (Å²) >= 11 is 0. The smallest absolute Gasteiger partial charge is 0.326 e. The number of methoxy groups -OCH3 is 1. The summed E-state index contributed by atoms with van der Waals surface area (Å²) in [5.74, 6) is 0.470. The second-order valence-electron chi connectivity index (χ2n) is 3.70. The molecule has 0 unspecified atom stereocenters. The van der Waals surface area contributed by atoms with Gasteiger partial charge < -0.3 is 14.5 Å². The summed E-state index contributed by atoms with van der Waals surface area (Å²) in [6, 6.07) is 6.54. The van der Waals surface area contributed by atoms with Crippen LogP contribution in [0.5, 0.6) is 5.75 Å². The van der Waals surface area contributed by atoms with Gasteiger partial charge in [-0.2, -0.15) is 0 Å². The zero-order chi connectivity index (χ0) is 14.5. The van der Waals surface area contributed by atoms with E-state index in [4.69, 9.17) is 9.15 Å². The van der Waals surface area contributed by atoms with Gasteiger partial charge in [-0.15, -0.1) is 0 Å². The average Bonchev–Trinajstić information content (AvgIpc) is 2.91. The van der Waals surface area contributed by atoms with E-state index in [2.05, 4.69) is 10.6 Å². The molecule has 0 saturated heterocycles. The van der Waals surface area contributed by atoms with E-state index in [-0.39, 0.29) is 17.3 Å². The van der Waals surface area contributed by atoms with Crippen LogP contribution in [-0.4, -0.2) is 18.1 Å². The van der Waals surface area contributed by atoms with Gasteiger partial charge in [0.1, 0.15) is 5.75 Å². The van der Waals surface area contributed by atoms with Crippen LogP contribution in [0.15, 0.2) is 41.0 Å². The number of amides is 2. The van der Waals surface area contributed by atoms with Crippen molar-refractivity contribution in [1.29, 1.82) is 0 Å². The van der Waals surface area contributed by atoms with Crippen LogP contribution in [0.25, 0.3) is 0 Å². The molecular formula is C12H11N3O5. The predicted molar refractivity (Wildman–Crippen MR) is 71.0 cm³/mol. The van der Waals surface area contributed by atoms with Gasteiger partial charge in [-0.1, -0.05) is 0 Å². The standard InChI is InChI=1S/C12H11N3O5/c1-19-10-7-8(15(17)18)4-5-9(10)13-12(16)14-11-3-2-6-20-11/h2-7H,1H3,(H2,13,14,16). The fourth-order valence-corrected chi connectivity index (χ4v) is 1.51. The number of benzene rings is 1.